The number of nitrogens with zero attached hydrogens (tertiary/aromatic N) is 2. The van der Waals surface area contributed by atoms with Gasteiger partial charge in [-0.15, -0.1) is 13.2 Å². The van der Waals surface area contributed by atoms with Gasteiger partial charge < -0.3 is 19.1 Å². The molecule has 33 heavy (non-hydrogen) atoms. The normalized spacial score (nSPS) is 16.6. The van der Waals surface area contributed by atoms with Crippen molar-refractivity contribution in [2.24, 2.45) is 0 Å². The molecule has 0 atom stereocenters. The number of halogens is 3. The Balaban J connectivity index is 1.30. The molecule has 2 aromatic carbocycles. The van der Waals surface area contributed by atoms with Crippen LogP contribution in [0.5, 0.6) is 17.2 Å². The molecule has 0 unspecified atom stereocenters. The number of benzene rings is 2. The van der Waals surface area contributed by atoms with E-state index in [1.54, 1.807) is 11.0 Å². The summed E-state index contributed by atoms with van der Waals surface area (Å²) in [6.45, 7) is 0.830. The van der Waals surface area contributed by atoms with E-state index >= 15 is 0 Å². The summed E-state index contributed by atoms with van der Waals surface area (Å²) >= 11 is 0. The van der Waals surface area contributed by atoms with Crippen LogP contribution in [-0.2, 0) is 21.2 Å². The lowest BCUT2D eigenvalue weighted by molar-refractivity contribution is -0.274. The maximum atomic E-state index is 12.8. The Morgan fingerprint density at radius 2 is 1.64 bits per heavy atom. The van der Waals surface area contributed by atoms with Crippen LogP contribution in [0.25, 0.3) is 0 Å². The Labute approximate surface area is 188 Å². The molecule has 0 aliphatic carbocycles. The summed E-state index contributed by atoms with van der Waals surface area (Å²) in [5, 5.41) is 0. The highest BCUT2D eigenvalue weighted by Gasteiger charge is 2.32. The Hall–Kier alpha value is -2.99. The Bertz CT molecular complexity index is 1110. The molecule has 1 saturated heterocycles. The molecule has 4 rings (SSSR count). The van der Waals surface area contributed by atoms with Crippen LogP contribution in [0.4, 0.5) is 13.2 Å². The van der Waals surface area contributed by atoms with E-state index in [2.05, 4.69) is 4.74 Å². The van der Waals surface area contributed by atoms with Crippen LogP contribution in [0.1, 0.15) is 12.0 Å². The van der Waals surface area contributed by atoms with E-state index in [0.717, 1.165) is 29.8 Å². The zero-order chi connectivity index (χ0) is 23.6. The third-order valence-corrected chi connectivity index (χ3v) is 7.26. The van der Waals surface area contributed by atoms with Gasteiger partial charge in [-0.05, 0) is 48.4 Å². The van der Waals surface area contributed by atoms with Crippen molar-refractivity contribution >= 4 is 15.9 Å². The van der Waals surface area contributed by atoms with Gasteiger partial charge in [0, 0.05) is 32.6 Å². The zero-order valence-corrected chi connectivity index (χ0v) is 18.2. The summed E-state index contributed by atoms with van der Waals surface area (Å²) in [6, 6.07) is 9.56. The molecule has 2 aliphatic rings. The van der Waals surface area contributed by atoms with Gasteiger partial charge in [-0.1, -0.05) is 6.07 Å². The number of hydrogen-bond donors (Lipinski definition) is 0. The molecular formula is C21H21F3N2O6S. The molecule has 0 spiro atoms. The van der Waals surface area contributed by atoms with E-state index in [-0.39, 0.29) is 50.2 Å². The summed E-state index contributed by atoms with van der Waals surface area (Å²) in [7, 11) is -3.90. The van der Waals surface area contributed by atoms with Gasteiger partial charge in [0.15, 0.2) is 11.5 Å². The van der Waals surface area contributed by atoms with Gasteiger partial charge in [0.1, 0.15) is 5.75 Å². The summed E-state index contributed by atoms with van der Waals surface area (Å²) in [4.78, 5) is 14.1. The summed E-state index contributed by atoms with van der Waals surface area (Å²) in [5.41, 5.74) is 0.937. The molecule has 1 fully saturated rings. The van der Waals surface area contributed by atoms with E-state index < -0.39 is 22.1 Å². The van der Waals surface area contributed by atoms with Gasteiger partial charge in [0.05, 0.1) is 4.90 Å². The van der Waals surface area contributed by atoms with Crippen molar-refractivity contribution < 1.29 is 40.6 Å². The molecule has 8 nitrogen and oxygen atoms in total. The average molecular weight is 486 g/mol. The zero-order valence-electron chi connectivity index (χ0n) is 17.4. The van der Waals surface area contributed by atoms with Crippen LogP contribution in [0.2, 0.25) is 0 Å². The second-order valence-electron chi connectivity index (χ2n) is 7.49. The van der Waals surface area contributed by atoms with E-state index in [1.165, 1.54) is 4.31 Å². The molecule has 12 heteroatoms. The Morgan fingerprint density at radius 1 is 0.970 bits per heavy atom. The number of ether oxygens (including phenoxy) is 3. The predicted molar refractivity (Wildman–Crippen MR) is 109 cm³/mol. The second kappa shape index (κ2) is 9.10. The van der Waals surface area contributed by atoms with Gasteiger partial charge in [0.25, 0.3) is 0 Å². The number of sulfonamides is 1. The smallest absolute Gasteiger partial charge is 0.454 e. The number of piperazine rings is 1. The monoisotopic (exact) mass is 486 g/mol. The van der Waals surface area contributed by atoms with Crippen molar-refractivity contribution in [2.45, 2.75) is 24.1 Å². The molecule has 2 aromatic rings. The highest BCUT2D eigenvalue weighted by atomic mass is 32.2. The minimum Gasteiger partial charge on any atom is -0.454 e. The second-order valence-corrected chi connectivity index (χ2v) is 9.43. The topological polar surface area (TPSA) is 85.4 Å². The van der Waals surface area contributed by atoms with Crippen molar-refractivity contribution in [1.29, 1.82) is 0 Å². The van der Waals surface area contributed by atoms with E-state index in [9.17, 15) is 26.4 Å². The Morgan fingerprint density at radius 3 is 2.30 bits per heavy atom. The molecule has 0 radical (unpaired) electrons. The van der Waals surface area contributed by atoms with Crippen LogP contribution in [-0.4, -0.2) is 62.9 Å². The summed E-state index contributed by atoms with van der Waals surface area (Å²) < 4.78 is 78.0. The van der Waals surface area contributed by atoms with Crippen LogP contribution in [0.3, 0.4) is 0 Å². The fraction of sp³-hybridized carbons (Fsp3) is 0.381. The average Bonchev–Trinajstić information content (AvgIpc) is 3.25. The molecule has 178 valence electrons. The molecule has 1 amide bonds. The molecule has 0 N–H and O–H groups in total. The number of carbonyl (C=O) groups is 1. The first-order chi connectivity index (χ1) is 15.6. The number of aryl methyl sites for hydroxylation is 1. The van der Waals surface area contributed by atoms with Gasteiger partial charge in [0.2, 0.25) is 22.7 Å². The third kappa shape index (κ3) is 5.50. The van der Waals surface area contributed by atoms with Crippen molar-refractivity contribution in [3.05, 3.63) is 48.0 Å². The number of hydrogen-bond acceptors (Lipinski definition) is 6. The van der Waals surface area contributed by atoms with Crippen molar-refractivity contribution in [3.63, 3.8) is 0 Å². The first kappa shape index (κ1) is 23.2. The highest BCUT2D eigenvalue weighted by molar-refractivity contribution is 7.89. The van der Waals surface area contributed by atoms with Crippen LogP contribution < -0.4 is 14.2 Å². The predicted octanol–water partition coefficient (Wildman–Crippen LogP) is 2.78. The fourth-order valence-electron chi connectivity index (χ4n) is 3.65. The highest BCUT2D eigenvalue weighted by Crippen LogP contribution is 2.33. The largest absolute Gasteiger partial charge is 0.573 e. The van der Waals surface area contributed by atoms with Gasteiger partial charge in [-0.3, -0.25) is 4.79 Å². The number of alkyl halides is 3. The number of amides is 1. The third-order valence-electron chi connectivity index (χ3n) is 5.35. The van der Waals surface area contributed by atoms with Crippen LogP contribution >= 0.6 is 0 Å². The van der Waals surface area contributed by atoms with Crippen LogP contribution in [0, 0.1) is 0 Å². The van der Waals surface area contributed by atoms with Crippen molar-refractivity contribution in [3.8, 4) is 17.2 Å². The van der Waals surface area contributed by atoms with Crippen LogP contribution in [0.15, 0.2) is 47.4 Å². The summed E-state index contributed by atoms with van der Waals surface area (Å²) in [5.74, 6) is 0.736. The lowest BCUT2D eigenvalue weighted by atomic mass is 10.1. The lowest BCUT2D eigenvalue weighted by Crippen LogP contribution is -2.50. The minimum atomic E-state index is -4.86. The van der Waals surface area contributed by atoms with Crippen molar-refractivity contribution in [2.75, 3.05) is 33.0 Å². The summed E-state index contributed by atoms with van der Waals surface area (Å²) in [6.07, 6.45) is -4.07. The van der Waals surface area contributed by atoms with Gasteiger partial charge in [-0.2, -0.15) is 4.31 Å². The van der Waals surface area contributed by atoms with E-state index in [1.807, 2.05) is 12.1 Å². The maximum Gasteiger partial charge on any atom is 0.573 e. The van der Waals surface area contributed by atoms with E-state index in [0.29, 0.717) is 17.9 Å². The molecule has 2 aliphatic heterocycles. The SMILES string of the molecule is O=C(CCc1ccc2c(c1)OCO2)N1CCN(S(=O)(=O)c2ccc(OC(F)(F)F)cc2)CC1. The first-order valence-electron chi connectivity index (χ1n) is 10.1. The van der Waals surface area contributed by atoms with E-state index in [4.69, 9.17) is 9.47 Å². The number of rotatable bonds is 6. The maximum absolute atomic E-state index is 12.8. The lowest BCUT2D eigenvalue weighted by Gasteiger charge is -2.34. The fourth-order valence-corrected chi connectivity index (χ4v) is 5.07. The van der Waals surface area contributed by atoms with Gasteiger partial charge >= 0.3 is 6.36 Å². The van der Waals surface area contributed by atoms with Gasteiger partial charge in [-0.25, -0.2) is 8.42 Å². The van der Waals surface area contributed by atoms with Crippen molar-refractivity contribution in [1.82, 2.24) is 9.21 Å². The minimum absolute atomic E-state index is 0.0848. The molecule has 0 aromatic heterocycles. The quantitative estimate of drug-likeness (QED) is 0.625. The molecular weight excluding hydrogens is 465 g/mol. The molecule has 0 bridgehead atoms. The molecule has 2 heterocycles. The number of carbonyl (C=O) groups excluding carboxylic acids is 1. The Kier molecular flexibility index (Phi) is 6.39. The number of fused-ring (bicyclic) bond motifs is 1. The standard InChI is InChI=1S/C21H21F3N2O6S/c22-21(23,24)32-16-3-5-17(6-4-16)33(28,29)26-11-9-25(10-12-26)20(27)8-2-15-1-7-18-19(13-15)31-14-30-18/h1,3-7,13H,2,8-12,14H2. The molecule has 0 saturated carbocycles. The first-order valence-corrected chi connectivity index (χ1v) is 11.6.